The van der Waals surface area contributed by atoms with E-state index in [0.717, 1.165) is 114 Å². The molecule has 10 nitrogen and oxygen atoms in total. The number of ether oxygens (including phenoxy) is 2. The summed E-state index contributed by atoms with van der Waals surface area (Å²) in [6.07, 6.45) is 3.00. The zero-order chi connectivity index (χ0) is 43.6. The van der Waals surface area contributed by atoms with Crippen LogP contribution in [0.4, 0.5) is 37.7 Å². The second-order valence-corrected chi connectivity index (χ2v) is 20.1. The fourth-order valence-electron chi connectivity index (χ4n) is 13.6. The Morgan fingerprint density at radius 3 is 1.23 bits per heavy atom. The van der Waals surface area contributed by atoms with E-state index < -0.39 is 12.7 Å². The number of amides is 2. The molecule has 10 fully saturated rings. The molecule has 2 aromatic carbocycles. The quantitative estimate of drug-likeness (QED) is 0.199. The van der Waals surface area contributed by atoms with E-state index in [0.29, 0.717) is 24.9 Å². The van der Waals surface area contributed by atoms with Crippen LogP contribution in [0.1, 0.15) is 89.9 Å². The topological polar surface area (TPSA) is 124 Å². The molecular formula is C46H58F6N4O6. The number of alkyl halides is 6. The van der Waals surface area contributed by atoms with Gasteiger partial charge in [0.25, 0.3) is 0 Å². The largest absolute Gasteiger partial charge is 0.573 e. The average Bonchev–Trinajstić information content (AvgIpc) is 3.21. The first-order valence-electron chi connectivity index (χ1n) is 22.6. The van der Waals surface area contributed by atoms with Gasteiger partial charge in [-0.2, -0.15) is 0 Å². The molecule has 6 atom stereocenters. The molecule has 4 unspecified atom stereocenters. The van der Waals surface area contributed by atoms with Crippen molar-refractivity contribution in [2.75, 3.05) is 36.0 Å². The number of rotatable bonds is 8. The number of hydrogen-bond acceptors (Lipinski definition) is 8. The summed E-state index contributed by atoms with van der Waals surface area (Å²) in [7, 11) is 0. The van der Waals surface area contributed by atoms with Crippen LogP contribution in [-0.2, 0) is 9.59 Å². The molecule has 62 heavy (non-hydrogen) atoms. The van der Waals surface area contributed by atoms with Gasteiger partial charge < -0.3 is 40.1 Å². The summed E-state index contributed by atoms with van der Waals surface area (Å²) < 4.78 is 82.1. The van der Waals surface area contributed by atoms with Gasteiger partial charge in [0, 0.05) is 49.6 Å². The maximum absolute atomic E-state index is 13.4. The molecule has 2 heterocycles. The minimum absolute atomic E-state index is 0.0188. The number of carbonyl (C=O) groups is 2. The number of nitrogens with zero attached hydrogens (tertiary/aromatic N) is 2. The summed E-state index contributed by atoms with van der Waals surface area (Å²) in [6, 6.07) is 11.9. The van der Waals surface area contributed by atoms with E-state index in [1.54, 1.807) is 24.3 Å². The standard InChI is InChI=1S/2C23H29F3N2O3/c2*24-23(25,26)31-19-5-3-18(4-6-19)28-7-1-2-17(13-28)27-21(30)22-10-14-8-15(11-22)20(29)16(9-14)12-22/h2*3-6,14-17,20,29H,1-2,7-13H2,(H,27,30)/t2*14?,15?,16?,17-,20?,22?/m00/s1. The first-order valence-corrected chi connectivity index (χ1v) is 22.6. The minimum Gasteiger partial charge on any atom is -0.406 e. The average molecular weight is 877 g/mol. The lowest BCUT2D eigenvalue weighted by molar-refractivity contribution is -0.275. The third-order valence-corrected chi connectivity index (χ3v) is 15.8. The fourth-order valence-corrected chi connectivity index (χ4v) is 13.6. The van der Waals surface area contributed by atoms with Gasteiger partial charge >= 0.3 is 12.7 Å². The van der Waals surface area contributed by atoms with Gasteiger partial charge in [0.2, 0.25) is 11.8 Å². The number of benzene rings is 2. The molecule has 0 radical (unpaired) electrons. The van der Waals surface area contributed by atoms with Crippen molar-refractivity contribution in [3.05, 3.63) is 48.5 Å². The van der Waals surface area contributed by atoms with Gasteiger partial charge in [0.15, 0.2) is 0 Å². The smallest absolute Gasteiger partial charge is 0.406 e. The van der Waals surface area contributed by atoms with E-state index >= 15 is 0 Å². The summed E-state index contributed by atoms with van der Waals surface area (Å²) in [5, 5.41) is 27.5. The Morgan fingerprint density at radius 1 is 0.565 bits per heavy atom. The number of halogens is 6. The fraction of sp³-hybridized carbons (Fsp3) is 0.696. The van der Waals surface area contributed by atoms with Crippen LogP contribution in [0.15, 0.2) is 48.5 Å². The number of anilines is 2. The van der Waals surface area contributed by atoms with Crippen LogP contribution in [0.25, 0.3) is 0 Å². The highest BCUT2D eigenvalue weighted by Crippen LogP contribution is 2.61. The molecule has 2 aliphatic heterocycles. The molecule has 8 saturated carbocycles. The van der Waals surface area contributed by atoms with Crippen molar-refractivity contribution < 1.29 is 55.6 Å². The molecule has 340 valence electrons. The van der Waals surface area contributed by atoms with E-state index in [-0.39, 0.29) is 82.1 Å². The predicted octanol–water partition coefficient (Wildman–Crippen LogP) is 7.71. The Balaban J connectivity index is 0.000000158. The maximum Gasteiger partial charge on any atom is 0.573 e. The highest BCUT2D eigenvalue weighted by Gasteiger charge is 2.59. The van der Waals surface area contributed by atoms with Crippen molar-refractivity contribution in [1.29, 1.82) is 0 Å². The lowest BCUT2D eigenvalue weighted by atomic mass is 9.48. The Labute approximate surface area is 358 Å². The number of hydrogen-bond donors (Lipinski definition) is 4. The van der Waals surface area contributed by atoms with Crippen LogP contribution in [-0.4, -0.2) is 85.2 Å². The maximum atomic E-state index is 13.4. The molecule has 8 aliphatic carbocycles. The van der Waals surface area contributed by atoms with E-state index in [2.05, 4.69) is 29.9 Å². The number of nitrogens with one attached hydrogen (secondary N) is 2. The van der Waals surface area contributed by atoms with Gasteiger partial charge in [-0.25, -0.2) is 0 Å². The van der Waals surface area contributed by atoms with E-state index in [4.69, 9.17) is 0 Å². The molecule has 2 aromatic rings. The van der Waals surface area contributed by atoms with Crippen LogP contribution in [0.2, 0.25) is 0 Å². The van der Waals surface area contributed by atoms with Crippen molar-refractivity contribution in [1.82, 2.24) is 10.6 Å². The van der Waals surface area contributed by atoms with E-state index in [9.17, 15) is 46.1 Å². The molecule has 4 N–H and O–H groups in total. The van der Waals surface area contributed by atoms with Gasteiger partial charge in [-0.1, -0.05) is 0 Å². The van der Waals surface area contributed by atoms with Gasteiger partial charge in [-0.3, -0.25) is 9.59 Å². The normalized spacial score (nSPS) is 37.0. The summed E-state index contributed by atoms with van der Waals surface area (Å²) in [4.78, 5) is 30.9. The predicted molar refractivity (Wildman–Crippen MR) is 217 cm³/mol. The Kier molecular flexibility index (Phi) is 11.6. The Morgan fingerprint density at radius 2 is 0.903 bits per heavy atom. The minimum atomic E-state index is -4.70. The van der Waals surface area contributed by atoms with Crippen molar-refractivity contribution in [3.63, 3.8) is 0 Å². The monoisotopic (exact) mass is 876 g/mol. The molecule has 2 saturated heterocycles. The van der Waals surface area contributed by atoms with Crippen molar-refractivity contribution in [3.8, 4) is 11.5 Å². The van der Waals surface area contributed by atoms with Crippen LogP contribution in [0.5, 0.6) is 11.5 Å². The molecule has 0 spiro atoms. The van der Waals surface area contributed by atoms with Crippen LogP contribution in [0.3, 0.4) is 0 Å². The van der Waals surface area contributed by atoms with Crippen molar-refractivity contribution in [2.24, 2.45) is 46.3 Å². The second-order valence-electron chi connectivity index (χ2n) is 20.1. The summed E-state index contributed by atoms with van der Waals surface area (Å²) in [6.45, 7) is 2.88. The summed E-state index contributed by atoms with van der Waals surface area (Å²) >= 11 is 0. The molecule has 10 aliphatic rings. The molecular weight excluding hydrogens is 819 g/mol. The second kappa shape index (κ2) is 16.6. The highest BCUT2D eigenvalue weighted by molar-refractivity contribution is 5.84. The van der Waals surface area contributed by atoms with Gasteiger partial charge in [0.05, 0.1) is 23.0 Å². The molecule has 12 rings (SSSR count). The number of carbonyl (C=O) groups excluding carboxylic acids is 2. The summed E-state index contributed by atoms with van der Waals surface area (Å²) in [5.41, 5.74) is 1.00. The van der Waals surface area contributed by atoms with E-state index in [1.165, 1.54) is 24.3 Å². The number of aliphatic hydroxyl groups is 2. The van der Waals surface area contributed by atoms with Crippen molar-refractivity contribution >= 4 is 23.2 Å². The Hall–Kier alpha value is -3.92. The zero-order valence-corrected chi connectivity index (χ0v) is 34.8. The van der Waals surface area contributed by atoms with Crippen LogP contribution >= 0.6 is 0 Å². The van der Waals surface area contributed by atoms with E-state index in [1.807, 2.05) is 0 Å². The Bertz CT molecular complexity index is 1760. The first-order chi connectivity index (χ1) is 29.4. The van der Waals surface area contributed by atoms with Gasteiger partial charge in [0.1, 0.15) is 11.5 Å². The van der Waals surface area contributed by atoms with Crippen LogP contribution in [0, 0.1) is 46.3 Å². The van der Waals surface area contributed by atoms with Gasteiger partial charge in [-0.15, -0.1) is 26.3 Å². The first kappa shape index (κ1) is 43.3. The number of piperidine rings is 2. The molecule has 16 heteroatoms. The molecule has 2 amide bonds. The van der Waals surface area contributed by atoms with Crippen molar-refractivity contribution in [2.45, 2.75) is 127 Å². The molecule has 0 aromatic heterocycles. The zero-order valence-electron chi connectivity index (χ0n) is 34.8. The van der Waals surface area contributed by atoms with Gasteiger partial charge in [-0.05, 0) is 174 Å². The lowest BCUT2D eigenvalue weighted by Gasteiger charge is -2.58. The third kappa shape index (κ3) is 9.19. The lowest BCUT2D eigenvalue weighted by Crippen LogP contribution is -2.60. The molecule has 8 bridgehead atoms. The SMILES string of the molecule is O=C(N[C@H]1CCCN(c2ccc(OC(F)(F)F)cc2)C1)C12CC3CC(C1)C(O)C(C3)C2.O=C(N[C@H]1CCCN(c2ccc(OC(F)(F)F)cc2)C1)C12CC3CC(C1)C(O)C(C3)C2. The number of aliphatic hydroxyl groups excluding tert-OH is 2. The highest BCUT2D eigenvalue weighted by atomic mass is 19.4. The van der Waals surface area contributed by atoms with Crippen LogP contribution < -0.4 is 29.9 Å². The summed E-state index contributed by atoms with van der Waals surface area (Å²) in [5.74, 6) is 1.98. The third-order valence-electron chi connectivity index (χ3n) is 15.8.